The number of hydrogen-bond acceptors (Lipinski definition) is 3. The molecule has 3 rings (SSSR count). The van der Waals surface area contributed by atoms with E-state index in [2.05, 4.69) is 0 Å². The van der Waals surface area contributed by atoms with Crippen molar-refractivity contribution in [1.29, 1.82) is 0 Å². The van der Waals surface area contributed by atoms with Gasteiger partial charge in [0.2, 0.25) is 0 Å². The van der Waals surface area contributed by atoms with Crippen LogP contribution in [0.4, 0.5) is 4.79 Å². The van der Waals surface area contributed by atoms with Crippen molar-refractivity contribution < 1.29 is 14.3 Å². The molecule has 0 fully saturated rings. The summed E-state index contributed by atoms with van der Waals surface area (Å²) in [4.78, 5) is 24.3. The molecule has 4 nitrogen and oxygen atoms in total. The molecule has 1 heterocycles. The van der Waals surface area contributed by atoms with Crippen LogP contribution < -0.4 is 0 Å². The van der Waals surface area contributed by atoms with Gasteiger partial charge in [0.15, 0.2) is 5.78 Å². The fraction of sp³-hybridized carbons (Fsp3) is 0.0588. The summed E-state index contributed by atoms with van der Waals surface area (Å²) in [7, 11) is 1.33. The van der Waals surface area contributed by atoms with Gasteiger partial charge >= 0.3 is 6.09 Å². The van der Waals surface area contributed by atoms with Gasteiger partial charge in [-0.25, -0.2) is 4.79 Å². The van der Waals surface area contributed by atoms with Crippen molar-refractivity contribution in [2.45, 2.75) is 0 Å². The van der Waals surface area contributed by atoms with Crippen molar-refractivity contribution in [2.24, 2.45) is 0 Å². The van der Waals surface area contributed by atoms with Crippen LogP contribution in [0.25, 0.3) is 10.9 Å². The first-order valence-corrected chi connectivity index (χ1v) is 6.50. The van der Waals surface area contributed by atoms with Crippen molar-refractivity contribution in [2.75, 3.05) is 7.11 Å². The smallest absolute Gasteiger partial charge is 0.418 e. The van der Waals surface area contributed by atoms with Gasteiger partial charge in [0.05, 0.1) is 12.6 Å². The van der Waals surface area contributed by atoms with Crippen molar-refractivity contribution in [3.63, 3.8) is 0 Å². The van der Waals surface area contributed by atoms with Crippen LogP contribution in [0.15, 0.2) is 60.8 Å². The Bertz CT molecular complexity index is 818. The highest BCUT2D eigenvalue weighted by Crippen LogP contribution is 2.23. The molecule has 21 heavy (non-hydrogen) atoms. The maximum atomic E-state index is 12.6. The Labute approximate surface area is 121 Å². The number of rotatable bonds is 2. The number of benzene rings is 2. The molecular formula is C17H13NO3. The van der Waals surface area contributed by atoms with E-state index < -0.39 is 6.09 Å². The molecule has 0 aliphatic rings. The molecule has 0 atom stereocenters. The van der Waals surface area contributed by atoms with Gasteiger partial charge in [-0.1, -0.05) is 42.5 Å². The van der Waals surface area contributed by atoms with Crippen LogP contribution in [0.3, 0.4) is 0 Å². The van der Waals surface area contributed by atoms with Crippen LogP contribution >= 0.6 is 0 Å². The summed E-state index contributed by atoms with van der Waals surface area (Å²) in [6.45, 7) is 0. The Morgan fingerprint density at radius 2 is 1.71 bits per heavy atom. The zero-order valence-electron chi connectivity index (χ0n) is 11.4. The SMILES string of the molecule is COC(=O)n1ccc2c(C(=O)c3ccccc3)cccc21. The van der Waals surface area contributed by atoms with E-state index >= 15 is 0 Å². The average molecular weight is 279 g/mol. The van der Waals surface area contributed by atoms with Gasteiger partial charge in [-0.3, -0.25) is 9.36 Å². The van der Waals surface area contributed by atoms with Gasteiger partial charge in [0.25, 0.3) is 0 Å². The summed E-state index contributed by atoms with van der Waals surface area (Å²) in [6.07, 6.45) is 1.13. The first-order valence-electron chi connectivity index (χ1n) is 6.50. The predicted octanol–water partition coefficient (Wildman–Crippen LogP) is 3.49. The molecule has 0 radical (unpaired) electrons. The summed E-state index contributed by atoms with van der Waals surface area (Å²) >= 11 is 0. The molecule has 2 aromatic carbocycles. The van der Waals surface area contributed by atoms with Crippen LogP contribution in [0, 0.1) is 0 Å². The fourth-order valence-electron chi connectivity index (χ4n) is 2.37. The van der Waals surface area contributed by atoms with Crippen molar-refractivity contribution in [3.05, 3.63) is 71.9 Å². The lowest BCUT2D eigenvalue weighted by molar-refractivity contribution is 0.104. The minimum Gasteiger partial charge on any atom is -0.452 e. The number of hydrogen-bond donors (Lipinski definition) is 0. The van der Waals surface area contributed by atoms with E-state index in [4.69, 9.17) is 4.74 Å². The van der Waals surface area contributed by atoms with E-state index in [1.165, 1.54) is 11.7 Å². The largest absolute Gasteiger partial charge is 0.452 e. The minimum atomic E-state index is -0.477. The van der Waals surface area contributed by atoms with Gasteiger partial charge in [-0.15, -0.1) is 0 Å². The summed E-state index contributed by atoms with van der Waals surface area (Å²) < 4.78 is 6.11. The minimum absolute atomic E-state index is 0.0659. The van der Waals surface area contributed by atoms with Crippen LogP contribution in [0.5, 0.6) is 0 Å². The maximum Gasteiger partial charge on any atom is 0.418 e. The molecule has 4 heteroatoms. The van der Waals surface area contributed by atoms with Gasteiger partial charge in [-0.05, 0) is 12.1 Å². The van der Waals surface area contributed by atoms with E-state index in [9.17, 15) is 9.59 Å². The third-order valence-electron chi connectivity index (χ3n) is 3.38. The number of nitrogens with zero attached hydrogens (tertiary/aromatic N) is 1. The molecule has 0 amide bonds. The van der Waals surface area contributed by atoms with Gasteiger partial charge in [-0.2, -0.15) is 0 Å². The predicted molar refractivity (Wildman–Crippen MR) is 79.6 cm³/mol. The molecule has 1 aromatic heterocycles. The van der Waals surface area contributed by atoms with E-state index in [1.54, 1.807) is 42.6 Å². The second kappa shape index (κ2) is 5.25. The topological polar surface area (TPSA) is 48.3 Å². The Kier molecular flexibility index (Phi) is 3.28. The summed E-state index contributed by atoms with van der Waals surface area (Å²) in [5.74, 6) is -0.0659. The summed E-state index contributed by atoms with van der Waals surface area (Å²) in [5, 5.41) is 0.733. The molecule has 104 valence electrons. The van der Waals surface area contributed by atoms with Crippen molar-refractivity contribution in [1.82, 2.24) is 4.57 Å². The van der Waals surface area contributed by atoms with E-state index in [1.807, 2.05) is 18.2 Å². The molecule has 3 aromatic rings. The molecule has 0 saturated carbocycles. The number of carbonyl (C=O) groups excluding carboxylic acids is 2. The first-order chi connectivity index (χ1) is 10.2. The standard InChI is InChI=1S/C17H13NO3/c1-21-17(20)18-11-10-13-14(8-5-9-15(13)18)16(19)12-6-3-2-4-7-12/h2-11H,1H3. The third-order valence-corrected chi connectivity index (χ3v) is 3.38. The van der Waals surface area contributed by atoms with E-state index in [0.29, 0.717) is 16.6 Å². The molecular weight excluding hydrogens is 266 g/mol. The van der Waals surface area contributed by atoms with E-state index in [-0.39, 0.29) is 5.78 Å². The number of aromatic nitrogens is 1. The molecule has 0 aliphatic heterocycles. The zero-order chi connectivity index (χ0) is 14.8. The monoisotopic (exact) mass is 279 g/mol. The molecule has 0 unspecified atom stereocenters. The zero-order valence-corrected chi connectivity index (χ0v) is 11.4. The Hall–Kier alpha value is -2.88. The third kappa shape index (κ3) is 2.21. The first kappa shape index (κ1) is 13.1. The van der Waals surface area contributed by atoms with Crippen molar-refractivity contribution in [3.8, 4) is 0 Å². The van der Waals surface area contributed by atoms with Crippen LogP contribution in [0.1, 0.15) is 15.9 Å². The van der Waals surface area contributed by atoms with Crippen LogP contribution in [-0.2, 0) is 4.74 Å². The average Bonchev–Trinajstić information content (AvgIpc) is 2.98. The second-order valence-corrected chi connectivity index (χ2v) is 4.59. The second-order valence-electron chi connectivity index (χ2n) is 4.59. The number of methoxy groups -OCH3 is 1. The number of ether oxygens (including phenoxy) is 1. The fourth-order valence-corrected chi connectivity index (χ4v) is 2.37. The molecule has 0 spiro atoms. The van der Waals surface area contributed by atoms with Crippen LogP contribution in [-0.4, -0.2) is 23.6 Å². The van der Waals surface area contributed by atoms with Gasteiger partial charge in [0.1, 0.15) is 0 Å². The van der Waals surface area contributed by atoms with Gasteiger partial charge < -0.3 is 4.74 Å². The number of ketones is 1. The Balaban J connectivity index is 2.14. The maximum absolute atomic E-state index is 12.6. The van der Waals surface area contributed by atoms with E-state index in [0.717, 1.165) is 5.39 Å². The van der Waals surface area contributed by atoms with Gasteiger partial charge in [0, 0.05) is 22.7 Å². The summed E-state index contributed by atoms with van der Waals surface area (Å²) in [5.41, 5.74) is 1.85. The lowest BCUT2D eigenvalue weighted by atomic mass is 10.0. The number of fused-ring (bicyclic) bond motifs is 1. The summed E-state index contributed by atoms with van der Waals surface area (Å²) in [6, 6.07) is 16.1. The molecule has 0 aliphatic carbocycles. The molecule has 0 saturated heterocycles. The van der Waals surface area contributed by atoms with Crippen LogP contribution in [0.2, 0.25) is 0 Å². The Morgan fingerprint density at radius 3 is 2.43 bits per heavy atom. The number of carbonyl (C=O) groups is 2. The quantitative estimate of drug-likeness (QED) is 0.675. The molecule has 0 N–H and O–H groups in total. The highest BCUT2D eigenvalue weighted by atomic mass is 16.5. The lowest BCUT2D eigenvalue weighted by Crippen LogP contribution is -2.09. The highest BCUT2D eigenvalue weighted by molar-refractivity contribution is 6.16. The Morgan fingerprint density at radius 1 is 0.952 bits per heavy atom. The molecule has 0 bridgehead atoms. The van der Waals surface area contributed by atoms with Crippen molar-refractivity contribution >= 4 is 22.8 Å². The highest BCUT2D eigenvalue weighted by Gasteiger charge is 2.16. The normalized spacial score (nSPS) is 10.5. The lowest BCUT2D eigenvalue weighted by Gasteiger charge is -2.05.